The average Bonchev–Trinajstić information content (AvgIpc) is 3.34. The van der Waals surface area contributed by atoms with Crippen molar-refractivity contribution in [2.24, 2.45) is 7.05 Å². The number of pyridine rings is 1. The van der Waals surface area contributed by atoms with E-state index in [0.29, 0.717) is 49.9 Å². The Hall–Kier alpha value is -3.72. The maximum absolute atomic E-state index is 13.4. The monoisotopic (exact) mass is 464 g/mol. The lowest BCUT2D eigenvalue weighted by Gasteiger charge is -2.10. The molecule has 0 aliphatic heterocycles. The van der Waals surface area contributed by atoms with Crippen LogP contribution in [-0.2, 0) is 11.8 Å². The predicted molar refractivity (Wildman–Crippen MR) is 128 cm³/mol. The molecule has 1 amide bonds. The summed E-state index contributed by atoms with van der Waals surface area (Å²) in [5, 5.41) is 10.3. The molecule has 1 N–H and O–H groups in total. The third kappa shape index (κ3) is 4.19. The molecule has 0 aliphatic carbocycles. The van der Waals surface area contributed by atoms with Crippen molar-refractivity contribution in [1.29, 1.82) is 0 Å². The summed E-state index contributed by atoms with van der Waals surface area (Å²) in [6, 6.07) is 9.10. The minimum atomic E-state index is -0.492. The molecule has 33 heavy (non-hydrogen) atoms. The minimum absolute atomic E-state index is 0.225. The van der Waals surface area contributed by atoms with Gasteiger partial charge in [0.05, 0.1) is 30.4 Å². The number of benzene rings is 1. The quantitative estimate of drug-likeness (QED) is 0.414. The number of aromatic nitrogens is 3. The van der Waals surface area contributed by atoms with Crippen LogP contribution in [0.4, 0.5) is 5.00 Å². The summed E-state index contributed by atoms with van der Waals surface area (Å²) in [5.74, 6) is -0.118. The summed E-state index contributed by atoms with van der Waals surface area (Å²) < 4.78 is 12.2. The molecule has 8 nitrogen and oxygen atoms in total. The number of nitrogens with zero attached hydrogens (tertiary/aromatic N) is 3. The van der Waals surface area contributed by atoms with E-state index in [9.17, 15) is 9.59 Å². The fourth-order valence-corrected chi connectivity index (χ4v) is 4.71. The van der Waals surface area contributed by atoms with Gasteiger partial charge in [-0.05, 0) is 44.5 Å². The van der Waals surface area contributed by atoms with E-state index in [1.165, 1.54) is 11.3 Å². The van der Waals surface area contributed by atoms with Crippen molar-refractivity contribution in [3.05, 3.63) is 58.2 Å². The molecule has 4 rings (SSSR count). The highest BCUT2D eigenvalue weighted by atomic mass is 32.1. The van der Waals surface area contributed by atoms with Crippen molar-refractivity contribution in [1.82, 2.24) is 14.8 Å². The Bertz CT molecular complexity index is 1360. The van der Waals surface area contributed by atoms with Crippen LogP contribution in [0, 0.1) is 13.8 Å². The number of ether oxygens (including phenoxy) is 2. The number of fused-ring (bicyclic) bond motifs is 1. The van der Waals surface area contributed by atoms with Crippen molar-refractivity contribution < 1.29 is 19.1 Å². The Morgan fingerprint density at radius 2 is 1.91 bits per heavy atom. The molecule has 0 atom stereocenters. The molecule has 1 aromatic carbocycles. The van der Waals surface area contributed by atoms with Gasteiger partial charge in [-0.3, -0.25) is 9.48 Å². The topological polar surface area (TPSA) is 95.3 Å². The van der Waals surface area contributed by atoms with Crippen LogP contribution in [0.3, 0.4) is 0 Å². The Kier molecular flexibility index (Phi) is 6.15. The van der Waals surface area contributed by atoms with Crippen molar-refractivity contribution in [2.45, 2.75) is 20.8 Å². The molecule has 0 saturated carbocycles. The predicted octanol–water partition coefficient (Wildman–Crippen LogP) is 4.75. The van der Waals surface area contributed by atoms with E-state index in [-0.39, 0.29) is 12.5 Å². The lowest BCUT2D eigenvalue weighted by atomic mass is 10.0. The summed E-state index contributed by atoms with van der Waals surface area (Å²) in [6.07, 6.45) is 0. The van der Waals surface area contributed by atoms with Gasteiger partial charge >= 0.3 is 5.97 Å². The minimum Gasteiger partial charge on any atom is -0.497 e. The first kappa shape index (κ1) is 22.5. The van der Waals surface area contributed by atoms with Crippen molar-refractivity contribution in [3.8, 4) is 16.9 Å². The highest BCUT2D eigenvalue weighted by Crippen LogP contribution is 2.37. The SMILES string of the molecule is CCOC(=O)c1c(-c2ccc(OC)cc2)csc1NC(=O)c1cc(C)nc2c1c(C)nn2C. The van der Waals surface area contributed by atoms with E-state index in [0.717, 1.165) is 5.56 Å². The standard InChI is InChI=1S/C24H24N4O4S/c1-6-32-24(30)20-18(15-7-9-16(31-5)10-8-15)12-33-23(20)26-22(29)17-11-13(2)25-21-19(17)14(3)27-28(21)4/h7-12H,6H2,1-5H3,(H,26,29). The molecule has 3 heterocycles. The van der Waals surface area contributed by atoms with Crippen molar-refractivity contribution in [3.63, 3.8) is 0 Å². The molecular formula is C24H24N4O4S. The summed E-state index contributed by atoms with van der Waals surface area (Å²) in [5.41, 5.74) is 4.33. The van der Waals surface area contributed by atoms with Crippen LogP contribution in [0.2, 0.25) is 0 Å². The van der Waals surface area contributed by atoms with Crippen molar-refractivity contribution in [2.75, 3.05) is 19.0 Å². The first-order valence-corrected chi connectivity index (χ1v) is 11.3. The van der Waals surface area contributed by atoms with Crippen LogP contribution >= 0.6 is 11.3 Å². The number of hydrogen-bond acceptors (Lipinski definition) is 7. The average molecular weight is 465 g/mol. The number of esters is 1. The third-order valence-electron chi connectivity index (χ3n) is 5.24. The van der Waals surface area contributed by atoms with Gasteiger partial charge in [-0.1, -0.05) is 12.1 Å². The van der Waals surface area contributed by atoms with Crippen LogP contribution in [0.15, 0.2) is 35.7 Å². The number of carbonyl (C=O) groups is 2. The molecule has 0 unspecified atom stereocenters. The zero-order chi connectivity index (χ0) is 23.7. The molecule has 0 bridgehead atoms. The second-order valence-electron chi connectivity index (χ2n) is 7.48. The van der Waals surface area contributed by atoms with Crippen molar-refractivity contribution >= 4 is 39.2 Å². The zero-order valence-corrected chi connectivity index (χ0v) is 19.9. The van der Waals surface area contributed by atoms with Gasteiger partial charge in [-0.25, -0.2) is 9.78 Å². The van der Waals surface area contributed by atoms with Crippen LogP contribution in [-0.4, -0.2) is 40.4 Å². The summed E-state index contributed by atoms with van der Waals surface area (Å²) >= 11 is 1.28. The fourth-order valence-electron chi connectivity index (χ4n) is 3.76. The van der Waals surface area contributed by atoms with Gasteiger partial charge in [0.25, 0.3) is 5.91 Å². The largest absolute Gasteiger partial charge is 0.497 e. The normalized spacial score (nSPS) is 10.9. The maximum atomic E-state index is 13.4. The lowest BCUT2D eigenvalue weighted by molar-refractivity contribution is 0.0529. The highest BCUT2D eigenvalue weighted by molar-refractivity contribution is 7.15. The Labute approximate surface area is 195 Å². The maximum Gasteiger partial charge on any atom is 0.341 e. The smallest absolute Gasteiger partial charge is 0.341 e. The van der Waals surface area contributed by atoms with E-state index in [1.807, 2.05) is 43.5 Å². The summed E-state index contributed by atoms with van der Waals surface area (Å²) in [6.45, 7) is 5.64. The Morgan fingerprint density at radius 3 is 2.58 bits per heavy atom. The first-order chi connectivity index (χ1) is 15.8. The van der Waals surface area contributed by atoms with E-state index >= 15 is 0 Å². The second-order valence-corrected chi connectivity index (χ2v) is 8.36. The molecule has 9 heteroatoms. The first-order valence-electron chi connectivity index (χ1n) is 10.4. The van der Waals surface area contributed by atoms with Crippen LogP contribution < -0.4 is 10.1 Å². The van der Waals surface area contributed by atoms with Crippen LogP contribution in [0.25, 0.3) is 22.2 Å². The number of amides is 1. The number of aryl methyl sites for hydroxylation is 3. The lowest BCUT2D eigenvalue weighted by Crippen LogP contribution is -2.16. The summed E-state index contributed by atoms with van der Waals surface area (Å²) in [4.78, 5) is 30.7. The molecule has 3 aromatic heterocycles. The molecule has 0 spiro atoms. The van der Waals surface area contributed by atoms with Gasteiger partial charge < -0.3 is 14.8 Å². The van der Waals surface area contributed by atoms with Gasteiger partial charge in [-0.2, -0.15) is 5.10 Å². The third-order valence-corrected chi connectivity index (χ3v) is 6.14. The van der Waals surface area contributed by atoms with Crippen LogP contribution in [0.5, 0.6) is 5.75 Å². The number of anilines is 1. The van der Waals surface area contributed by atoms with Gasteiger partial charge in [-0.15, -0.1) is 11.3 Å². The van der Waals surface area contributed by atoms with E-state index in [4.69, 9.17) is 9.47 Å². The fraction of sp³-hybridized carbons (Fsp3) is 0.250. The molecule has 0 radical (unpaired) electrons. The molecular weight excluding hydrogens is 440 g/mol. The van der Waals surface area contributed by atoms with Gasteiger partial charge in [0.2, 0.25) is 0 Å². The Balaban J connectivity index is 1.77. The Morgan fingerprint density at radius 1 is 1.18 bits per heavy atom. The van der Waals surface area contributed by atoms with E-state index in [2.05, 4.69) is 15.4 Å². The number of rotatable bonds is 6. The van der Waals surface area contributed by atoms with Gasteiger partial charge in [0.1, 0.15) is 16.3 Å². The number of carbonyl (C=O) groups excluding carboxylic acids is 2. The van der Waals surface area contributed by atoms with E-state index in [1.54, 1.807) is 31.8 Å². The molecule has 4 aromatic rings. The number of nitrogens with one attached hydrogen (secondary N) is 1. The highest BCUT2D eigenvalue weighted by Gasteiger charge is 2.25. The second kappa shape index (κ2) is 9.03. The number of thiophene rings is 1. The van der Waals surface area contributed by atoms with Gasteiger partial charge in [0.15, 0.2) is 5.65 Å². The van der Waals surface area contributed by atoms with Crippen LogP contribution in [0.1, 0.15) is 39.0 Å². The number of methoxy groups -OCH3 is 1. The summed E-state index contributed by atoms with van der Waals surface area (Å²) in [7, 11) is 3.39. The molecule has 0 fully saturated rings. The molecule has 0 saturated heterocycles. The molecule has 0 aliphatic rings. The number of hydrogen-bond donors (Lipinski definition) is 1. The van der Waals surface area contributed by atoms with Gasteiger partial charge in [0, 0.05) is 23.7 Å². The molecule has 170 valence electrons. The zero-order valence-electron chi connectivity index (χ0n) is 19.1. The van der Waals surface area contributed by atoms with E-state index < -0.39 is 5.97 Å².